The van der Waals surface area contributed by atoms with Crippen molar-refractivity contribution in [1.29, 1.82) is 0 Å². The fraction of sp³-hybridized carbons (Fsp3) is 0.250. The molecule has 0 bridgehead atoms. The molecule has 7 heteroatoms. The van der Waals surface area contributed by atoms with Crippen LogP contribution in [0, 0.1) is 39.0 Å². The Kier molecular flexibility index (Phi) is 18.2. The molecule has 10 aromatic carbocycles. The summed E-state index contributed by atoms with van der Waals surface area (Å²) in [5.41, 5.74) is 18.1. The van der Waals surface area contributed by atoms with Crippen LogP contribution in [-0.4, -0.2) is 28.8 Å². The Morgan fingerprint density at radius 3 is 1.03 bits per heavy atom. The van der Waals surface area contributed by atoms with E-state index in [1.807, 2.05) is 43.3 Å². The van der Waals surface area contributed by atoms with Crippen LogP contribution in [0.15, 0.2) is 252 Å². The van der Waals surface area contributed by atoms with Crippen LogP contribution in [0.2, 0.25) is 0 Å². The highest BCUT2D eigenvalue weighted by Gasteiger charge is 2.47. The number of hydrogen-bond donors (Lipinski definition) is 4. The van der Waals surface area contributed by atoms with E-state index in [-0.39, 0.29) is 37.5 Å². The minimum atomic E-state index is -3.48. The van der Waals surface area contributed by atoms with E-state index >= 15 is 0 Å². The van der Waals surface area contributed by atoms with E-state index in [0.717, 1.165) is 12.0 Å². The Morgan fingerprint density at radius 2 is 0.655 bits per heavy atom. The van der Waals surface area contributed by atoms with Gasteiger partial charge in [-0.05, 0) is 200 Å². The third-order valence-corrected chi connectivity index (χ3v) is 20.1. The molecule has 2 saturated carbocycles. The third kappa shape index (κ3) is 13.1. The second-order valence-corrected chi connectivity index (χ2v) is 27.4. The highest BCUT2D eigenvalue weighted by Crippen LogP contribution is 2.57. The molecular formula is C80H82O6S. The minimum absolute atomic E-state index is 0.0442. The van der Waals surface area contributed by atoms with Crippen molar-refractivity contribution in [2.24, 2.45) is 11.3 Å². The van der Waals surface area contributed by atoms with Gasteiger partial charge in [0.1, 0.15) is 23.0 Å². The molecule has 2 unspecified atom stereocenters. The highest BCUT2D eigenvalue weighted by atomic mass is 32.2. The molecule has 0 saturated heterocycles. The number of benzene rings is 10. The van der Waals surface area contributed by atoms with E-state index in [4.69, 9.17) is 5.11 Å². The number of hydrogen-bond acceptors (Lipinski definition) is 6. The molecule has 13 rings (SSSR count). The first-order chi connectivity index (χ1) is 41.7. The van der Waals surface area contributed by atoms with Gasteiger partial charge in [-0.15, -0.1) is 0 Å². The average Bonchev–Trinajstić information content (AvgIpc) is 1.58. The van der Waals surface area contributed by atoms with Gasteiger partial charge in [0.25, 0.3) is 0 Å². The van der Waals surface area contributed by atoms with Crippen LogP contribution < -0.4 is 0 Å². The fourth-order valence-electron chi connectivity index (χ4n) is 14.4. The molecule has 0 heterocycles. The molecule has 444 valence electrons. The van der Waals surface area contributed by atoms with Crippen molar-refractivity contribution in [3.8, 4) is 34.1 Å². The van der Waals surface area contributed by atoms with Gasteiger partial charge < -0.3 is 20.4 Å². The summed E-state index contributed by atoms with van der Waals surface area (Å²) < 4.78 is 24.3. The molecule has 6 nitrogen and oxygen atoms in total. The molecule has 87 heavy (non-hydrogen) atoms. The van der Waals surface area contributed by atoms with Gasteiger partial charge in [0.15, 0.2) is 0 Å². The lowest BCUT2D eigenvalue weighted by atomic mass is 9.55. The second-order valence-electron chi connectivity index (χ2n) is 25.5. The van der Waals surface area contributed by atoms with Gasteiger partial charge in [-0.3, -0.25) is 0 Å². The summed E-state index contributed by atoms with van der Waals surface area (Å²) in [5.74, 6) is 1.72. The Balaban J connectivity index is 0.000000130. The molecule has 0 aromatic heterocycles. The Bertz CT molecular complexity index is 3770. The zero-order valence-corrected chi connectivity index (χ0v) is 52.2. The molecule has 2 atom stereocenters. The van der Waals surface area contributed by atoms with Gasteiger partial charge in [-0.2, -0.15) is 0 Å². The molecule has 0 aliphatic heterocycles. The van der Waals surface area contributed by atoms with Gasteiger partial charge in [0, 0.05) is 10.8 Å². The van der Waals surface area contributed by atoms with Crippen molar-refractivity contribution in [1.82, 2.24) is 0 Å². The number of sulfone groups is 1. The molecule has 3 aliphatic carbocycles. The molecule has 0 radical (unpaired) electrons. The first-order valence-electron chi connectivity index (χ1n) is 30.6. The quantitative estimate of drug-likeness (QED) is 0.120. The summed E-state index contributed by atoms with van der Waals surface area (Å²) in [7, 11) is -3.48. The van der Waals surface area contributed by atoms with Crippen molar-refractivity contribution in [3.05, 3.63) is 309 Å². The molecule has 4 N–H and O–H groups in total. The van der Waals surface area contributed by atoms with Crippen LogP contribution in [0.1, 0.15) is 139 Å². The highest BCUT2D eigenvalue weighted by molar-refractivity contribution is 7.91. The maximum absolute atomic E-state index is 12.2. The molecule has 0 amide bonds. The van der Waals surface area contributed by atoms with E-state index in [1.54, 1.807) is 36.4 Å². The van der Waals surface area contributed by atoms with E-state index in [9.17, 15) is 23.7 Å². The first kappa shape index (κ1) is 61.4. The normalized spacial score (nSPS) is 17.7. The van der Waals surface area contributed by atoms with Crippen LogP contribution in [0.3, 0.4) is 0 Å². The Hall–Kier alpha value is -8.65. The molecule has 0 spiro atoms. The standard InChI is InChI=1S/C26H20O.C22H28O.C19H22O.C13H12O3S/c1-18-10-12-19(13-11-18)26(20-14-16-21(27)17-15-20)24-8-4-2-6-22(24)23-7-3-5-9-25(23)26;1-16-5-7-18(8-6-16)22(19-9-11-20(23)12-10-19)14-17(2)13-21(3,4)15-22;1-15-5-7-16(8-6-15)19(13-3-2-4-14-19)17-9-11-18(20)12-10-17;1-10-2-6-12(7-3-10)17(15,16)13-8-4-11(14)5-9-13/h2-17,27H,1H3;5-12,17,23H,13-15H2,1-4H3;5-12,20H,2-4,13-14H2,1H3;2-9,14H,1H3. The molecule has 2 fully saturated rings. The van der Waals surface area contributed by atoms with Gasteiger partial charge in [-0.1, -0.05) is 232 Å². The first-order valence-corrected chi connectivity index (χ1v) is 32.1. The largest absolute Gasteiger partial charge is 0.508 e. The van der Waals surface area contributed by atoms with Gasteiger partial charge in [-0.25, -0.2) is 8.42 Å². The fourth-order valence-corrected chi connectivity index (χ4v) is 15.7. The average molecular weight is 1170 g/mol. The van der Waals surface area contributed by atoms with E-state index in [2.05, 4.69) is 187 Å². The summed E-state index contributed by atoms with van der Waals surface area (Å²) in [4.78, 5) is 0.438. The van der Waals surface area contributed by atoms with Crippen LogP contribution in [0.25, 0.3) is 11.1 Å². The van der Waals surface area contributed by atoms with Crippen molar-refractivity contribution in [2.75, 3.05) is 0 Å². The van der Waals surface area contributed by atoms with Crippen molar-refractivity contribution >= 4 is 9.84 Å². The summed E-state index contributed by atoms with van der Waals surface area (Å²) in [6, 6.07) is 79.8. The molecular weight excluding hydrogens is 1090 g/mol. The number of phenols is 4. The maximum Gasteiger partial charge on any atom is 0.206 e. The zero-order chi connectivity index (χ0) is 61.6. The van der Waals surface area contributed by atoms with Gasteiger partial charge >= 0.3 is 0 Å². The predicted octanol–water partition coefficient (Wildman–Crippen LogP) is 19.4. The van der Waals surface area contributed by atoms with Crippen LogP contribution in [-0.2, 0) is 26.1 Å². The Morgan fingerprint density at radius 1 is 0.356 bits per heavy atom. The third-order valence-electron chi connectivity index (χ3n) is 18.3. The summed E-state index contributed by atoms with van der Waals surface area (Å²) in [6.45, 7) is 15.5. The lowest BCUT2D eigenvalue weighted by molar-refractivity contribution is 0.127. The van der Waals surface area contributed by atoms with Gasteiger partial charge in [0.05, 0.1) is 15.2 Å². The Labute approximate surface area is 516 Å². The smallest absolute Gasteiger partial charge is 0.206 e. The number of fused-ring (bicyclic) bond motifs is 3. The predicted molar refractivity (Wildman–Crippen MR) is 355 cm³/mol. The lowest BCUT2D eigenvalue weighted by Gasteiger charge is -2.48. The summed E-state index contributed by atoms with van der Waals surface area (Å²) in [6.07, 6.45) is 9.93. The molecule has 3 aliphatic rings. The zero-order valence-electron chi connectivity index (χ0n) is 51.3. The van der Waals surface area contributed by atoms with Crippen LogP contribution >= 0.6 is 0 Å². The maximum atomic E-state index is 12.2. The SMILES string of the molecule is Cc1ccc(C2(c3ccc(O)cc3)CC(C)CC(C)(C)C2)cc1.Cc1ccc(C2(c3ccc(O)cc3)CCCCC2)cc1.Cc1ccc(C2(c3ccc(O)cc3)c3ccccc3-c3ccccc32)cc1.Cc1ccc(S(=O)(=O)c2ccc(O)cc2)cc1. The van der Waals surface area contributed by atoms with Crippen molar-refractivity contribution in [2.45, 2.75) is 126 Å². The lowest BCUT2D eigenvalue weighted by Crippen LogP contribution is -2.41. The molecule has 10 aromatic rings. The number of rotatable bonds is 8. The number of phenolic OH excluding ortho intramolecular Hbond substituents is 4. The van der Waals surface area contributed by atoms with Crippen LogP contribution in [0.5, 0.6) is 23.0 Å². The summed E-state index contributed by atoms with van der Waals surface area (Å²) in [5, 5.41) is 38.3. The monoisotopic (exact) mass is 1170 g/mol. The minimum Gasteiger partial charge on any atom is -0.508 e. The van der Waals surface area contributed by atoms with Gasteiger partial charge in [0.2, 0.25) is 9.84 Å². The topological polar surface area (TPSA) is 115 Å². The van der Waals surface area contributed by atoms with Crippen molar-refractivity contribution in [3.63, 3.8) is 0 Å². The number of aryl methyl sites for hydroxylation is 4. The van der Waals surface area contributed by atoms with Crippen LogP contribution in [0.4, 0.5) is 0 Å². The van der Waals surface area contributed by atoms with Crippen molar-refractivity contribution < 1.29 is 28.8 Å². The number of aromatic hydroxyl groups is 4. The second kappa shape index (κ2) is 25.7. The van der Waals surface area contributed by atoms with E-state index < -0.39 is 9.84 Å². The summed E-state index contributed by atoms with van der Waals surface area (Å²) >= 11 is 0. The van der Waals surface area contributed by atoms with E-state index in [0.29, 0.717) is 22.8 Å². The van der Waals surface area contributed by atoms with E-state index in [1.165, 1.54) is 142 Å².